The molecule has 3 aromatic rings. The van der Waals surface area contributed by atoms with Gasteiger partial charge < -0.3 is 0 Å². The molecule has 1 aromatic carbocycles. The Morgan fingerprint density at radius 3 is 2.64 bits per heavy atom. The van der Waals surface area contributed by atoms with E-state index in [-0.39, 0.29) is 11.2 Å². The van der Waals surface area contributed by atoms with Crippen molar-refractivity contribution in [2.75, 3.05) is 5.32 Å². The van der Waals surface area contributed by atoms with Gasteiger partial charge >= 0.3 is 0 Å². The summed E-state index contributed by atoms with van der Waals surface area (Å²) in [6.45, 7) is 6.01. The van der Waals surface area contributed by atoms with Gasteiger partial charge in [0.25, 0.3) is 0 Å². The van der Waals surface area contributed by atoms with Crippen LogP contribution in [0.5, 0.6) is 0 Å². The highest BCUT2D eigenvalue weighted by molar-refractivity contribution is 8.00. The molecule has 0 radical (unpaired) electrons. The van der Waals surface area contributed by atoms with E-state index in [1.165, 1.54) is 22.9 Å². The predicted octanol–water partition coefficient (Wildman–Crippen LogP) is 3.40. The maximum absolute atomic E-state index is 12.4. The Morgan fingerprint density at radius 2 is 1.88 bits per heavy atom. The fourth-order valence-electron chi connectivity index (χ4n) is 2.34. The number of benzene rings is 1. The van der Waals surface area contributed by atoms with Crippen LogP contribution in [0, 0.1) is 13.8 Å². The topological polar surface area (TPSA) is 72.7 Å². The van der Waals surface area contributed by atoms with Gasteiger partial charge in [-0.1, -0.05) is 23.9 Å². The van der Waals surface area contributed by atoms with Gasteiger partial charge in [0.1, 0.15) is 0 Å². The maximum atomic E-state index is 12.4. The van der Waals surface area contributed by atoms with E-state index in [9.17, 15) is 4.79 Å². The monoisotopic (exact) mass is 353 g/mol. The number of hydrogen-bond donors (Lipinski definition) is 1. The minimum atomic E-state index is -0.338. The number of imidazole rings is 1. The first-order chi connectivity index (χ1) is 12.1. The minimum Gasteiger partial charge on any atom is -0.295 e. The van der Waals surface area contributed by atoms with Crippen LogP contribution < -0.4 is 5.32 Å². The van der Waals surface area contributed by atoms with Gasteiger partial charge in [-0.2, -0.15) is 0 Å². The van der Waals surface area contributed by atoms with Crippen molar-refractivity contribution in [1.82, 2.24) is 19.5 Å². The highest BCUT2D eigenvalue weighted by atomic mass is 32.2. The number of aromatic nitrogens is 4. The summed E-state index contributed by atoms with van der Waals surface area (Å²) in [5.74, 6) is 0.143. The lowest BCUT2D eigenvalue weighted by atomic mass is 10.1. The van der Waals surface area contributed by atoms with Gasteiger partial charge in [-0.3, -0.25) is 14.7 Å². The average Bonchev–Trinajstić information content (AvgIpc) is 3.06. The molecule has 0 saturated heterocycles. The Balaban J connectivity index is 1.77. The lowest BCUT2D eigenvalue weighted by Gasteiger charge is -2.14. The fraction of sp³-hybridized carbons (Fsp3) is 0.222. The summed E-state index contributed by atoms with van der Waals surface area (Å²) in [5, 5.41) is 3.15. The van der Waals surface area contributed by atoms with Crippen molar-refractivity contribution in [3.8, 4) is 5.69 Å². The van der Waals surface area contributed by atoms with E-state index in [0.717, 1.165) is 10.8 Å². The molecule has 1 amide bonds. The van der Waals surface area contributed by atoms with Gasteiger partial charge in [0, 0.05) is 24.8 Å². The van der Waals surface area contributed by atoms with Crippen molar-refractivity contribution < 1.29 is 4.79 Å². The zero-order valence-corrected chi connectivity index (χ0v) is 15.1. The molecule has 6 nitrogen and oxygen atoms in total. The standard InChI is InChI=1S/C18H19N5OS/c1-12-6-4-7-15(13(12)2)23-11-10-21-18(23)25-14(3)16(24)22-17-19-8-5-9-20-17/h4-11,14H,1-3H3,(H,19,20,22,24). The molecule has 1 unspecified atom stereocenters. The first-order valence-corrected chi connectivity index (χ1v) is 8.78. The number of nitrogens with one attached hydrogen (secondary N) is 1. The second-order valence-electron chi connectivity index (χ2n) is 5.62. The highest BCUT2D eigenvalue weighted by Crippen LogP contribution is 2.27. The third kappa shape index (κ3) is 3.88. The van der Waals surface area contributed by atoms with Crippen LogP contribution in [0.3, 0.4) is 0 Å². The number of amides is 1. The molecule has 25 heavy (non-hydrogen) atoms. The van der Waals surface area contributed by atoms with E-state index in [0.29, 0.717) is 5.95 Å². The third-order valence-electron chi connectivity index (χ3n) is 3.89. The van der Waals surface area contributed by atoms with Gasteiger partial charge in [-0.05, 0) is 44.0 Å². The molecule has 0 bridgehead atoms. The molecule has 3 rings (SSSR count). The Kier molecular flexibility index (Phi) is 5.14. The van der Waals surface area contributed by atoms with Gasteiger partial charge in [0.2, 0.25) is 11.9 Å². The van der Waals surface area contributed by atoms with Crippen molar-refractivity contribution in [2.45, 2.75) is 31.2 Å². The van der Waals surface area contributed by atoms with Crippen LogP contribution in [-0.2, 0) is 4.79 Å². The van der Waals surface area contributed by atoms with Crippen LogP contribution in [-0.4, -0.2) is 30.7 Å². The summed E-state index contributed by atoms with van der Waals surface area (Å²) in [7, 11) is 0. The zero-order chi connectivity index (χ0) is 17.8. The van der Waals surface area contributed by atoms with Crippen LogP contribution in [0.4, 0.5) is 5.95 Å². The summed E-state index contributed by atoms with van der Waals surface area (Å²) in [5.41, 5.74) is 3.48. The Morgan fingerprint density at radius 1 is 1.12 bits per heavy atom. The molecule has 0 aliphatic rings. The number of carbonyl (C=O) groups is 1. The van der Waals surface area contributed by atoms with E-state index in [4.69, 9.17) is 0 Å². The molecule has 2 aromatic heterocycles. The van der Waals surface area contributed by atoms with Crippen molar-refractivity contribution in [2.24, 2.45) is 0 Å². The molecule has 1 atom stereocenters. The van der Waals surface area contributed by atoms with Crippen molar-refractivity contribution in [3.05, 3.63) is 60.2 Å². The molecule has 1 N–H and O–H groups in total. The fourth-order valence-corrected chi connectivity index (χ4v) is 3.22. The molecular weight excluding hydrogens is 334 g/mol. The zero-order valence-electron chi connectivity index (χ0n) is 14.3. The van der Waals surface area contributed by atoms with Crippen LogP contribution in [0.15, 0.2) is 54.2 Å². The van der Waals surface area contributed by atoms with E-state index in [2.05, 4.69) is 46.2 Å². The number of rotatable bonds is 5. The second-order valence-corrected chi connectivity index (χ2v) is 6.93. The van der Waals surface area contributed by atoms with Gasteiger partial charge in [0.15, 0.2) is 5.16 Å². The van der Waals surface area contributed by atoms with Gasteiger partial charge in [0.05, 0.1) is 10.9 Å². The molecule has 0 fully saturated rings. The smallest absolute Gasteiger partial charge is 0.240 e. The summed E-state index contributed by atoms with van der Waals surface area (Å²) >= 11 is 1.40. The van der Waals surface area contributed by atoms with Crippen LogP contribution in [0.25, 0.3) is 5.69 Å². The Bertz CT molecular complexity index is 878. The highest BCUT2D eigenvalue weighted by Gasteiger charge is 2.19. The molecular formula is C18H19N5OS. The molecule has 0 saturated carbocycles. The average molecular weight is 353 g/mol. The molecule has 0 spiro atoms. The number of aryl methyl sites for hydroxylation is 1. The minimum absolute atomic E-state index is 0.160. The summed E-state index contributed by atoms with van der Waals surface area (Å²) in [6, 6.07) is 7.86. The van der Waals surface area contributed by atoms with Crippen molar-refractivity contribution in [1.29, 1.82) is 0 Å². The van der Waals surface area contributed by atoms with E-state index in [1.54, 1.807) is 24.7 Å². The Hall–Kier alpha value is -2.67. The number of thioether (sulfide) groups is 1. The SMILES string of the molecule is Cc1cccc(-n2ccnc2SC(C)C(=O)Nc2ncccn2)c1C. The summed E-state index contributed by atoms with van der Waals surface area (Å²) < 4.78 is 2.01. The predicted molar refractivity (Wildman–Crippen MR) is 99.0 cm³/mol. The first-order valence-electron chi connectivity index (χ1n) is 7.90. The van der Waals surface area contributed by atoms with Crippen LogP contribution in [0.2, 0.25) is 0 Å². The van der Waals surface area contributed by atoms with Crippen LogP contribution in [0.1, 0.15) is 18.1 Å². The van der Waals surface area contributed by atoms with Crippen LogP contribution >= 0.6 is 11.8 Å². The lowest BCUT2D eigenvalue weighted by molar-refractivity contribution is -0.115. The molecule has 7 heteroatoms. The Labute approximate surface area is 150 Å². The van der Waals surface area contributed by atoms with E-state index in [1.807, 2.05) is 23.8 Å². The number of anilines is 1. The van der Waals surface area contributed by atoms with Gasteiger partial charge in [-0.15, -0.1) is 0 Å². The maximum Gasteiger partial charge on any atom is 0.240 e. The summed E-state index contributed by atoms with van der Waals surface area (Å²) in [6.07, 6.45) is 6.84. The first kappa shape index (κ1) is 17.2. The van der Waals surface area contributed by atoms with E-state index < -0.39 is 0 Å². The summed E-state index contributed by atoms with van der Waals surface area (Å²) in [4.78, 5) is 24.8. The van der Waals surface area contributed by atoms with Crippen molar-refractivity contribution in [3.63, 3.8) is 0 Å². The molecule has 0 aliphatic carbocycles. The molecule has 0 aliphatic heterocycles. The molecule has 128 valence electrons. The quantitative estimate of drug-likeness (QED) is 0.712. The van der Waals surface area contributed by atoms with Gasteiger partial charge in [-0.25, -0.2) is 15.0 Å². The molecule has 2 heterocycles. The van der Waals surface area contributed by atoms with Crippen molar-refractivity contribution >= 4 is 23.6 Å². The number of nitrogens with zero attached hydrogens (tertiary/aromatic N) is 4. The largest absolute Gasteiger partial charge is 0.295 e. The van der Waals surface area contributed by atoms with E-state index >= 15 is 0 Å². The number of hydrogen-bond acceptors (Lipinski definition) is 5. The second kappa shape index (κ2) is 7.48. The lowest BCUT2D eigenvalue weighted by Crippen LogP contribution is -2.24. The normalized spacial score (nSPS) is 12.0. The third-order valence-corrected chi connectivity index (χ3v) is 4.98. The number of carbonyl (C=O) groups excluding carboxylic acids is 1.